The Hall–Kier alpha value is -0.940. The van der Waals surface area contributed by atoms with Gasteiger partial charge in [0, 0.05) is 10.5 Å². The molecule has 0 aliphatic rings. The Bertz CT molecular complexity index is 563. The third-order valence-corrected chi connectivity index (χ3v) is 3.09. The van der Waals surface area contributed by atoms with E-state index < -0.39 is 6.10 Å². The molecule has 2 rings (SSSR count). The molecule has 1 aromatic heterocycles. The van der Waals surface area contributed by atoms with Gasteiger partial charge in [-0.15, -0.1) is 0 Å². The number of halogens is 2. The molecule has 1 aromatic carbocycles. The van der Waals surface area contributed by atoms with Crippen LogP contribution in [0.3, 0.4) is 0 Å². The Morgan fingerprint density at radius 1 is 1.35 bits per heavy atom. The number of benzene rings is 1. The summed E-state index contributed by atoms with van der Waals surface area (Å²) < 4.78 is 16.3. The van der Waals surface area contributed by atoms with Gasteiger partial charge in [0.1, 0.15) is 17.4 Å². The van der Waals surface area contributed by atoms with Gasteiger partial charge in [-0.25, -0.2) is 9.37 Å². The molecule has 0 saturated heterocycles. The standard InChI is InChI=1S/C12H14BrFN2O/c1-6(2)16-10-5-8(13)4-9(14)11(10)15-12(16)7(3)17/h4-7,17H,1-3H3/t7-/m1/s1. The quantitative estimate of drug-likeness (QED) is 0.921. The van der Waals surface area contributed by atoms with Gasteiger partial charge in [-0.3, -0.25) is 0 Å². The van der Waals surface area contributed by atoms with Crippen LogP contribution in [-0.4, -0.2) is 14.7 Å². The van der Waals surface area contributed by atoms with Crippen LogP contribution in [0.5, 0.6) is 0 Å². The first-order chi connectivity index (χ1) is 7.91. The third kappa shape index (κ3) is 2.09. The number of aromatic nitrogens is 2. The summed E-state index contributed by atoms with van der Waals surface area (Å²) in [5, 5.41) is 9.70. The SMILES string of the molecule is CC(C)n1c([C@@H](C)O)nc2c(F)cc(Br)cc21. The second-order valence-electron chi connectivity index (χ2n) is 4.37. The molecule has 1 atom stereocenters. The zero-order valence-corrected chi connectivity index (χ0v) is 11.5. The molecule has 1 N–H and O–H groups in total. The Labute approximate surface area is 107 Å². The van der Waals surface area contributed by atoms with Crippen molar-refractivity contribution in [1.82, 2.24) is 9.55 Å². The van der Waals surface area contributed by atoms with E-state index in [9.17, 15) is 9.50 Å². The molecule has 0 radical (unpaired) electrons. The molecule has 2 aromatic rings. The van der Waals surface area contributed by atoms with Crippen LogP contribution in [0, 0.1) is 5.82 Å². The average molecular weight is 301 g/mol. The van der Waals surface area contributed by atoms with E-state index in [1.165, 1.54) is 6.07 Å². The van der Waals surface area contributed by atoms with E-state index >= 15 is 0 Å². The molecular weight excluding hydrogens is 287 g/mol. The summed E-state index contributed by atoms with van der Waals surface area (Å²) in [6.07, 6.45) is -0.719. The van der Waals surface area contributed by atoms with Crippen molar-refractivity contribution in [2.24, 2.45) is 0 Å². The highest BCUT2D eigenvalue weighted by Gasteiger charge is 2.19. The monoisotopic (exact) mass is 300 g/mol. The largest absolute Gasteiger partial charge is 0.385 e. The lowest BCUT2D eigenvalue weighted by Crippen LogP contribution is -2.08. The molecule has 0 aliphatic carbocycles. The van der Waals surface area contributed by atoms with E-state index in [1.807, 2.05) is 24.5 Å². The minimum atomic E-state index is -0.719. The van der Waals surface area contributed by atoms with Gasteiger partial charge in [-0.1, -0.05) is 15.9 Å². The smallest absolute Gasteiger partial charge is 0.152 e. The lowest BCUT2D eigenvalue weighted by molar-refractivity contribution is 0.182. The molecule has 0 bridgehead atoms. The van der Waals surface area contributed by atoms with Crippen molar-refractivity contribution in [3.8, 4) is 0 Å². The molecule has 0 aliphatic heterocycles. The van der Waals surface area contributed by atoms with Crippen molar-refractivity contribution >= 4 is 27.0 Å². The number of imidazole rings is 1. The van der Waals surface area contributed by atoms with Gasteiger partial charge >= 0.3 is 0 Å². The molecule has 3 nitrogen and oxygen atoms in total. The topological polar surface area (TPSA) is 38.0 Å². The van der Waals surface area contributed by atoms with Crippen molar-refractivity contribution in [2.75, 3.05) is 0 Å². The van der Waals surface area contributed by atoms with E-state index in [0.29, 0.717) is 21.3 Å². The minimum absolute atomic E-state index is 0.110. The molecule has 1 heterocycles. The highest BCUT2D eigenvalue weighted by atomic mass is 79.9. The number of hydrogen-bond donors (Lipinski definition) is 1. The van der Waals surface area contributed by atoms with Crippen LogP contribution < -0.4 is 0 Å². The van der Waals surface area contributed by atoms with Crippen LogP contribution in [-0.2, 0) is 0 Å². The fraction of sp³-hybridized carbons (Fsp3) is 0.417. The number of nitrogens with zero attached hydrogens (tertiary/aromatic N) is 2. The third-order valence-electron chi connectivity index (χ3n) is 2.63. The normalized spacial score (nSPS) is 13.6. The Morgan fingerprint density at radius 2 is 2.00 bits per heavy atom. The van der Waals surface area contributed by atoms with Gasteiger partial charge in [0.15, 0.2) is 5.82 Å². The number of aliphatic hydroxyl groups excluding tert-OH is 1. The number of rotatable bonds is 2. The van der Waals surface area contributed by atoms with Crippen LogP contribution in [0.15, 0.2) is 16.6 Å². The number of hydrogen-bond acceptors (Lipinski definition) is 2. The Balaban J connectivity index is 2.85. The van der Waals surface area contributed by atoms with Gasteiger partial charge in [-0.05, 0) is 32.9 Å². The molecule has 0 fully saturated rings. The highest BCUT2D eigenvalue weighted by molar-refractivity contribution is 9.10. The van der Waals surface area contributed by atoms with Crippen LogP contribution in [0.25, 0.3) is 11.0 Å². The zero-order chi connectivity index (χ0) is 12.7. The molecule has 0 spiro atoms. The lowest BCUT2D eigenvalue weighted by atomic mass is 10.2. The Kier molecular flexibility index (Phi) is 3.23. The summed E-state index contributed by atoms with van der Waals surface area (Å²) in [6, 6.07) is 3.31. The van der Waals surface area contributed by atoms with Gasteiger partial charge in [0.05, 0.1) is 5.52 Å². The van der Waals surface area contributed by atoms with Crippen LogP contribution in [0.2, 0.25) is 0 Å². The fourth-order valence-electron chi connectivity index (χ4n) is 1.98. The van der Waals surface area contributed by atoms with Gasteiger partial charge in [0.25, 0.3) is 0 Å². The van der Waals surface area contributed by atoms with Crippen molar-refractivity contribution in [3.05, 3.63) is 28.2 Å². The first-order valence-corrected chi connectivity index (χ1v) is 6.26. The van der Waals surface area contributed by atoms with E-state index in [2.05, 4.69) is 20.9 Å². The van der Waals surface area contributed by atoms with Crippen LogP contribution in [0.1, 0.15) is 38.7 Å². The maximum Gasteiger partial charge on any atom is 0.152 e. The molecular formula is C12H14BrFN2O. The second kappa shape index (κ2) is 4.38. The zero-order valence-electron chi connectivity index (χ0n) is 9.91. The summed E-state index contributed by atoms with van der Waals surface area (Å²) in [7, 11) is 0. The van der Waals surface area contributed by atoms with Crippen LogP contribution in [0.4, 0.5) is 4.39 Å². The van der Waals surface area contributed by atoms with Crippen LogP contribution >= 0.6 is 15.9 Å². The molecule has 0 unspecified atom stereocenters. The van der Waals surface area contributed by atoms with Gasteiger partial charge < -0.3 is 9.67 Å². The highest BCUT2D eigenvalue weighted by Crippen LogP contribution is 2.29. The van der Waals surface area contributed by atoms with E-state index in [4.69, 9.17) is 0 Å². The fourth-order valence-corrected chi connectivity index (χ4v) is 2.39. The van der Waals surface area contributed by atoms with Gasteiger partial charge in [0.2, 0.25) is 0 Å². The van der Waals surface area contributed by atoms with Gasteiger partial charge in [-0.2, -0.15) is 0 Å². The van der Waals surface area contributed by atoms with E-state index in [1.54, 1.807) is 6.92 Å². The summed E-state index contributed by atoms with van der Waals surface area (Å²) in [5.74, 6) is 0.114. The second-order valence-corrected chi connectivity index (χ2v) is 5.28. The van der Waals surface area contributed by atoms with E-state index in [-0.39, 0.29) is 11.9 Å². The number of fused-ring (bicyclic) bond motifs is 1. The van der Waals surface area contributed by atoms with Crippen molar-refractivity contribution in [1.29, 1.82) is 0 Å². The maximum atomic E-state index is 13.8. The molecule has 17 heavy (non-hydrogen) atoms. The Morgan fingerprint density at radius 3 is 2.53 bits per heavy atom. The first-order valence-electron chi connectivity index (χ1n) is 5.46. The van der Waals surface area contributed by atoms with Crippen molar-refractivity contribution in [2.45, 2.75) is 32.9 Å². The summed E-state index contributed by atoms with van der Waals surface area (Å²) in [5.41, 5.74) is 1.00. The van der Waals surface area contributed by atoms with E-state index in [0.717, 1.165) is 0 Å². The van der Waals surface area contributed by atoms with Crippen molar-refractivity contribution in [3.63, 3.8) is 0 Å². The molecule has 0 amide bonds. The minimum Gasteiger partial charge on any atom is -0.385 e. The van der Waals surface area contributed by atoms with Crippen molar-refractivity contribution < 1.29 is 9.50 Å². The molecule has 5 heteroatoms. The first kappa shape index (κ1) is 12.5. The molecule has 0 saturated carbocycles. The average Bonchev–Trinajstić information content (AvgIpc) is 2.56. The lowest BCUT2D eigenvalue weighted by Gasteiger charge is -2.14. The predicted octanol–water partition coefficient (Wildman–Crippen LogP) is 3.57. The molecule has 92 valence electrons. The summed E-state index contributed by atoms with van der Waals surface area (Å²) in [4.78, 5) is 4.19. The summed E-state index contributed by atoms with van der Waals surface area (Å²) in [6.45, 7) is 5.59. The summed E-state index contributed by atoms with van der Waals surface area (Å²) >= 11 is 3.27. The number of aliphatic hydroxyl groups is 1. The maximum absolute atomic E-state index is 13.8. The predicted molar refractivity (Wildman–Crippen MR) is 68.4 cm³/mol.